The number of carbonyl (C=O) groups is 1. The summed E-state index contributed by atoms with van der Waals surface area (Å²) in [6, 6.07) is 10.5. The van der Waals surface area contributed by atoms with E-state index in [9.17, 15) is 4.79 Å². The molecule has 0 saturated heterocycles. The Labute approximate surface area is 143 Å². The highest BCUT2D eigenvalue weighted by molar-refractivity contribution is 5.79. The topological polar surface area (TPSA) is 67.2 Å². The molecule has 0 fully saturated rings. The SMILES string of the molecule is Cc1noc(C)c1CC(=O)NCC(C)(C)N[C@H](C)c1ccccc1. The number of aromatic nitrogens is 1. The molecule has 24 heavy (non-hydrogen) atoms. The number of carbonyl (C=O) groups excluding carboxylic acids is 1. The first-order valence-corrected chi connectivity index (χ1v) is 8.29. The number of benzene rings is 1. The van der Waals surface area contributed by atoms with Crippen molar-refractivity contribution in [1.29, 1.82) is 0 Å². The zero-order valence-electron chi connectivity index (χ0n) is 15.1. The first kappa shape index (κ1) is 18.2. The standard InChI is InChI=1S/C19H27N3O2/c1-13(16-9-7-6-8-10-16)21-19(4,5)12-20-18(23)11-17-14(2)22-24-15(17)3/h6-10,13,21H,11-12H2,1-5H3,(H,20,23)/t13-/m1/s1. The summed E-state index contributed by atoms with van der Waals surface area (Å²) in [6.07, 6.45) is 0.297. The lowest BCUT2D eigenvalue weighted by atomic mass is 10.0. The zero-order chi connectivity index (χ0) is 17.7. The van der Waals surface area contributed by atoms with Crippen LogP contribution in [0.25, 0.3) is 0 Å². The van der Waals surface area contributed by atoms with Gasteiger partial charge < -0.3 is 15.2 Å². The lowest BCUT2D eigenvalue weighted by Crippen LogP contribution is -2.50. The van der Waals surface area contributed by atoms with Crippen LogP contribution in [0.15, 0.2) is 34.9 Å². The summed E-state index contributed by atoms with van der Waals surface area (Å²) in [5, 5.41) is 10.4. The normalized spacial score (nSPS) is 12.9. The van der Waals surface area contributed by atoms with Gasteiger partial charge in [-0.05, 0) is 40.2 Å². The van der Waals surface area contributed by atoms with Gasteiger partial charge in [-0.1, -0.05) is 35.5 Å². The molecule has 5 nitrogen and oxygen atoms in total. The third-order valence-corrected chi connectivity index (χ3v) is 4.15. The molecular weight excluding hydrogens is 302 g/mol. The quantitative estimate of drug-likeness (QED) is 0.819. The van der Waals surface area contributed by atoms with E-state index < -0.39 is 0 Å². The van der Waals surface area contributed by atoms with Gasteiger partial charge in [-0.25, -0.2) is 0 Å². The summed E-state index contributed by atoms with van der Waals surface area (Å²) in [5.41, 5.74) is 2.66. The van der Waals surface area contributed by atoms with Crippen molar-refractivity contribution in [2.45, 2.75) is 52.6 Å². The molecule has 0 aliphatic heterocycles. The summed E-state index contributed by atoms with van der Waals surface area (Å²) in [6.45, 7) is 10.5. The average molecular weight is 329 g/mol. The molecule has 1 aromatic heterocycles. The predicted molar refractivity (Wildman–Crippen MR) is 94.8 cm³/mol. The molecule has 2 rings (SSSR count). The maximum absolute atomic E-state index is 12.2. The van der Waals surface area contributed by atoms with Crippen LogP contribution in [0.2, 0.25) is 0 Å². The fourth-order valence-electron chi connectivity index (χ4n) is 2.76. The molecule has 0 saturated carbocycles. The number of hydrogen-bond donors (Lipinski definition) is 2. The molecule has 2 N–H and O–H groups in total. The first-order valence-electron chi connectivity index (χ1n) is 8.29. The second-order valence-corrected chi connectivity index (χ2v) is 6.92. The smallest absolute Gasteiger partial charge is 0.224 e. The number of rotatable bonds is 7. The minimum atomic E-state index is -0.219. The molecule has 130 valence electrons. The summed E-state index contributed by atoms with van der Waals surface area (Å²) >= 11 is 0. The summed E-state index contributed by atoms with van der Waals surface area (Å²) in [7, 11) is 0. The average Bonchev–Trinajstić information content (AvgIpc) is 2.85. The molecule has 1 amide bonds. The monoisotopic (exact) mass is 329 g/mol. The first-order chi connectivity index (χ1) is 11.3. The van der Waals surface area contributed by atoms with Crippen LogP contribution in [0.4, 0.5) is 0 Å². The summed E-state index contributed by atoms with van der Waals surface area (Å²) < 4.78 is 5.10. The number of hydrogen-bond acceptors (Lipinski definition) is 4. The van der Waals surface area contributed by atoms with Gasteiger partial charge in [0.05, 0.1) is 12.1 Å². The van der Waals surface area contributed by atoms with Crippen molar-refractivity contribution in [3.63, 3.8) is 0 Å². The van der Waals surface area contributed by atoms with Crippen molar-refractivity contribution in [2.24, 2.45) is 0 Å². The molecule has 1 atom stereocenters. The number of amides is 1. The highest BCUT2D eigenvalue weighted by atomic mass is 16.5. The van der Waals surface area contributed by atoms with E-state index in [1.54, 1.807) is 0 Å². The molecule has 0 unspecified atom stereocenters. The third-order valence-electron chi connectivity index (χ3n) is 4.15. The van der Waals surface area contributed by atoms with Crippen LogP contribution in [-0.4, -0.2) is 23.1 Å². The highest BCUT2D eigenvalue weighted by Gasteiger charge is 2.22. The van der Waals surface area contributed by atoms with Crippen molar-refractivity contribution >= 4 is 5.91 Å². The van der Waals surface area contributed by atoms with Gasteiger partial charge >= 0.3 is 0 Å². The fraction of sp³-hybridized carbons (Fsp3) is 0.474. The van der Waals surface area contributed by atoms with Gasteiger partial charge in [-0.2, -0.15) is 0 Å². The Morgan fingerprint density at radius 3 is 2.50 bits per heavy atom. The lowest BCUT2D eigenvalue weighted by Gasteiger charge is -2.31. The van der Waals surface area contributed by atoms with Gasteiger partial charge in [0.2, 0.25) is 5.91 Å². The predicted octanol–water partition coefficient (Wildman–Crippen LogP) is 3.08. The van der Waals surface area contributed by atoms with Gasteiger partial charge in [0.25, 0.3) is 0 Å². The van der Waals surface area contributed by atoms with Crippen LogP contribution >= 0.6 is 0 Å². The van der Waals surface area contributed by atoms with Crippen LogP contribution in [0.3, 0.4) is 0 Å². The van der Waals surface area contributed by atoms with Crippen LogP contribution < -0.4 is 10.6 Å². The molecule has 1 heterocycles. The Balaban J connectivity index is 1.86. The van der Waals surface area contributed by atoms with Gasteiger partial charge in [-0.3, -0.25) is 4.79 Å². The van der Waals surface area contributed by atoms with E-state index >= 15 is 0 Å². The van der Waals surface area contributed by atoms with Gasteiger partial charge in [0, 0.05) is 23.7 Å². The maximum Gasteiger partial charge on any atom is 0.224 e. The zero-order valence-corrected chi connectivity index (χ0v) is 15.1. The van der Waals surface area contributed by atoms with Gasteiger partial charge in [-0.15, -0.1) is 0 Å². The maximum atomic E-state index is 12.2. The largest absolute Gasteiger partial charge is 0.361 e. The molecule has 5 heteroatoms. The lowest BCUT2D eigenvalue weighted by molar-refractivity contribution is -0.120. The number of aryl methyl sites for hydroxylation is 2. The molecular formula is C19H27N3O2. The van der Waals surface area contributed by atoms with Crippen LogP contribution in [0.5, 0.6) is 0 Å². The van der Waals surface area contributed by atoms with Crippen molar-refractivity contribution in [3.05, 3.63) is 52.9 Å². The van der Waals surface area contributed by atoms with Crippen LogP contribution in [-0.2, 0) is 11.2 Å². The highest BCUT2D eigenvalue weighted by Crippen LogP contribution is 2.16. The Morgan fingerprint density at radius 2 is 1.92 bits per heavy atom. The van der Waals surface area contributed by atoms with E-state index in [0.717, 1.165) is 11.3 Å². The molecule has 2 aromatic rings. The Bertz CT molecular complexity index is 658. The molecule has 0 radical (unpaired) electrons. The third kappa shape index (κ3) is 4.93. The summed E-state index contributed by atoms with van der Waals surface area (Å²) in [4.78, 5) is 12.2. The second-order valence-electron chi connectivity index (χ2n) is 6.92. The van der Waals surface area contributed by atoms with Crippen LogP contribution in [0, 0.1) is 13.8 Å². The Hall–Kier alpha value is -2.14. The van der Waals surface area contributed by atoms with Crippen molar-refractivity contribution in [3.8, 4) is 0 Å². The van der Waals surface area contributed by atoms with Crippen molar-refractivity contribution in [1.82, 2.24) is 15.8 Å². The van der Waals surface area contributed by atoms with Gasteiger partial charge in [0.15, 0.2) is 0 Å². The molecule has 0 aliphatic carbocycles. The second kappa shape index (κ2) is 7.62. The van der Waals surface area contributed by atoms with Crippen molar-refractivity contribution < 1.29 is 9.32 Å². The Kier molecular flexibility index (Phi) is 5.78. The molecule has 1 aromatic carbocycles. The molecule has 0 aliphatic rings. The number of nitrogens with zero attached hydrogens (tertiary/aromatic N) is 1. The Morgan fingerprint density at radius 1 is 1.25 bits per heavy atom. The van der Waals surface area contributed by atoms with E-state index in [4.69, 9.17) is 4.52 Å². The number of nitrogens with one attached hydrogen (secondary N) is 2. The van der Waals surface area contributed by atoms with Gasteiger partial charge in [0.1, 0.15) is 5.76 Å². The van der Waals surface area contributed by atoms with E-state index in [1.165, 1.54) is 5.56 Å². The van der Waals surface area contributed by atoms with Crippen molar-refractivity contribution in [2.75, 3.05) is 6.54 Å². The van der Waals surface area contributed by atoms with E-state index in [1.807, 2.05) is 32.0 Å². The summed E-state index contributed by atoms with van der Waals surface area (Å²) in [5.74, 6) is 0.685. The van der Waals surface area contributed by atoms with E-state index in [-0.39, 0.29) is 17.5 Å². The van der Waals surface area contributed by atoms with E-state index in [2.05, 4.69) is 48.7 Å². The minimum absolute atomic E-state index is 0.0216. The minimum Gasteiger partial charge on any atom is -0.361 e. The molecule has 0 bridgehead atoms. The van der Waals surface area contributed by atoms with Crippen LogP contribution in [0.1, 0.15) is 49.4 Å². The van der Waals surface area contributed by atoms with E-state index in [0.29, 0.717) is 18.7 Å². The molecule has 0 spiro atoms. The fourth-order valence-corrected chi connectivity index (χ4v) is 2.76.